The Labute approximate surface area is 242 Å². The van der Waals surface area contributed by atoms with Gasteiger partial charge in [0.1, 0.15) is 40.5 Å². The van der Waals surface area contributed by atoms with E-state index in [1.165, 1.54) is 25.1 Å². The number of pyridine rings is 2. The molecule has 4 aromatic rings. The Kier molecular flexibility index (Phi) is 7.04. The van der Waals surface area contributed by atoms with Gasteiger partial charge in [-0.3, -0.25) is 9.59 Å². The van der Waals surface area contributed by atoms with Crippen LogP contribution in [0.25, 0.3) is 22.2 Å². The number of phenolic OH excluding ortho intramolecular Hbond substituents is 1. The predicted molar refractivity (Wildman–Crippen MR) is 147 cm³/mol. The molecular formula is C30H26F4N4O5. The highest BCUT2D eigenvalue weighted by molar-refractivity contribution is 6.00. The van der Waals surface area contributed by atoms with Crippen LogP contribution < -0.4 is 15.8 Å². The van der Waals surface area contributed by atoms with Gasteiger partial charge in [-0.2, -0.15) is 13.2 Å². The maximum absolute atomic E-state index is 14.6. The number of hydrogen-bond donors (Lipinski definition) is 4. The van der Waals surface area contributed by atoms with E-state index in [1.54, 1.807) is 19.9 Å². The van der Waals surface area contributed by atoms with Crippen molar-refractivity contribution in [1.82, 2.24) is 15.3 Å². The Morgan fingerprint density at radius 1 is 1.09 bits per heavy atom. The number of aromatic hydroxyl groups is 1. The van der Waals surface area contributed by atoms with E-state index >= 15 is 0 Å². The number of nitrogens with two attached hydrogens (primary N) is 1. The van der Waals surface area contributed by atoms with Crippen molar-refractivity contribution in [2.45, 2.75) is 38.0 Å². The second-order valence-corrected chi connectivity index (χ2v) is 10.7. The highest BCUT2D eigenvalue weighted by Crippen LogP contribution is 2.47. The lowest BCUT2D eigenvalue weighted by molar-refractivity contribution is -0.265. The van der Waals surface area contributed by atoms with Crippen molar-refractivity contribution >= 4 is 22.7 Å². The number of phenols is 1. The van der Waals surface area contributed by atoms with Gasteiger partial charge in [-0.1, -0.05) is 0 Å². The predicted octanol–water partition coefficient (Wildman–Crippen LogP) is 4.07. The van der Waals surface area contributed by atoms with Gasteiger partial charge in [0.15, 0.2) is 0 Å². The number of aromatic nitrogens is 2. The third-order valence-corrected chi connectivity index (χ3v) is 7.74. The summed E-state index contributed by atoms with van der Waals surface area (Å²) in [5.41, 5.74) is 0.628. The number of rotatable bonds is 6. The zero-order valence-corrected chi connectivity index (χ0v) is 23.1. The molecule has 0 spiro atoms. The number of nitrogens with one attached hydrogen (secondary N) is 1. The molecule has 2 amide bonds. The Morgan fingerprint density at radius 3 is 2.40 bits per heavy atom. The van der Waals surface area contributed by atoms with Crippen LogP contribution >= 0.6 is 0 Å². The van der Waals surface area contributed by atoms with Gasteiger partial charge in [-0.25, -0.2) is 14.4 Å². The SMILES string of the molecule is Cc1cc2cc(C(=O)NC[C@](O)(c3cc4c(c(-c5ccc(F)cc5)n3)OC[C@]4(C)C(N)=O)C(F)(F)F)cc(O)c2nc1C. The molecular weight excluding hydrogens is 572 g/mol. The number of primary amides is 1. The van der Waals surface area contributed by atoms with E-state index in [4.69, 9.17) is 10.5 Å². The van der Waals surface area contributed by atoms with Gasteiger partial charge in [0.05, 0.1) is 12.2 Å². The number of aliphatic hydroxyl groups is 1. The summed E-state index contributed by atoms with van der Waals surface area (Å²) in [7, 11) is 0. The Hall–Kier alpha value is -4.78. The molecule has 0 saturated carbocycles. The second-order valence-electron chi connectivity index (χ2n) is 10.7. The zero-order valence-electron chi connectivity index (χ0n) is 23.1. The van der Waals surface area contributed by atoms with Crippen LogP contribution in [-0.2, 0) is 15.8 Å². The van der Waals surface area contributed by atoms with Crippen molar-refractivity contribution in [2.24, 2.45) is 5.73 Å². The minimum absolute atomic E-state index is 0.0454. The molecule has 9 nitrogen and oxygen atoms in total. The molecule has 2 aromatic carbocycles. The summed E-state index contributed by atoms with van der Waals surface area (Å²) < 4.78 is 63.2. The van der Waals surface area contributed by atoms with Gasteiger partial charge in [0, 0.05) is 27.8 Å². The molecule has 3 heterocycles. The molecule has 5 rings (SSSR count). The standard InChI is InChI=1S/C30H26F4N4O5/c1-14-8-17-9-18(10-21(39)23(17)37-15(14)2)26(40)36-12-29(42,30(32,33)34)22-11-20-25(43-13-28(20,3)27(35)41)24(38-22)16-4-6-19(31)7-5-16/h4-11,39,42H,12-13H2,1-3H3,(H2,35,41)(H,36,40)/t28-,29-/m0/s1. The summed E-state index contributed by atoms with van der Waals surface area (Å²) in [5.74, 6) is -2.94. The van der Waals surface area contributed by atoms with Crippen LogP contribution in [0.15, 0.2) is 48.5 Å². The number of amides is 2. The Balaban J connectivity index is 1.58. The highest BCUT2D eigenvalue weighted by Gasteiger charge is 2.57. The van der Waals surface area contributed by atoms with E-state index in [0.717, 1.165) is 29.8 Å². The van der Waals surface area contributed by atoms with Crippen molar-refractivity contribution in [3.63, 3.8) is 0 Å². The minimum Gasteiger partial charge on any atom is -0.506 e. The largest absolute Gasteiger partial charge is 0.506 e. The average Bonchev–Trinajstić information content (AvgIpc) is 3.29. The molecule has 0 saturated heterocycles. The summed E-state index contributed by atoms with van der Waals surface area (Å²) in [6.45, 7) is 3.18. The molecule has 0 bridgehead atoms. The molecule has 5 N–H and O–H groups in total. The average molecular weight is 599 g/mol. The first kappa shape index (κ1) is 29.7. The molecule has 1 aliphatic rings. The van der Waals surface area contributed by atoms with Gasteiger partial charge in [-0.05, 0) is 74.9 Å². The van der Waals surface area contributed by atoms with Gasteiger partial charge in [0.2, 0.25) is 11.5 Å². The summed E-state index contributed by atoms with van der Waals surface area (Å²) in [4.78, 5) is 33.8. The third-order valence-electron chi connectivity index (χ3n) is 7.74. The van der Waals surface area contributed by atoms with Crippen LogP contribution in [0.5, 0.6) is 11.5 Å². The number of alkyl halides is 3. The molecule has 2 aromatic heterocycles. The maximum Gasteiger partial charge on any atom is 0.424 e. The minimum atomic E-state index is -5.38. The highest BCUT2D eigenvalue weighted by atomic mass is 19.4. The number of nitrogens with zero attached hydrogens (tertiary/aromatic N) is 2. The van der Waals surface area contributed by atoms with Crippen LogP contribution in [0.4, 0.5) is 17.6 Å². The number of hydrogen-bond acceptors (Lipinski definition) is 7. The summed E-state index contributed by atoms with van der Waals surface area (Å²) in [5, 5.41) is 24.1. The van der Waals surface area contributed by atoms with Crippen LogP contribution in [0.3, 0.4) is 0 Å². The summed E-state index contributed by atoms with van der Waals surface area (Å²) >= 11 is 0. The van der Waals surface area contributed by atoms with Gasteiger partial charge < -0.3 is 26.0 Å². The Bertz CT molecular complexity index is 1790. The fraction of sp³-hybridized carbons (Fsp3) is 0.267. The van der Waals surface area contributed by atoms with E-state index in [1.807, 2.05) is 0 Å². The molecule has 13 heteroatoms. The monoisotopic (exact) mass is 598 g/mol. The number of carbonyl (C=O) groups is 2. The molecule has 224 valence electrons. The smallest absolute Gasteiger partial charge is 0.424 e. The maximum atomic E-state index is 14.6. The number of fused-ring (bicyclic) bond motifs is 2. The van der Waals surface area contributed by atoms with Crippen LogP contribution in [0.2, 0.25) is 0 Å². The van der Waals surface area contributed by atoms with Crippen LogP contribution in [0, 0.1) is 19.7 Å². The van der Waals surface area contributed by atoms with Gasteiger partial charge in [0.25, 0.3) is 5.91 Å². The first-order valence-corrected chi connectivity index (χ1v) is 13.0. The first-order valence-electron chi connectivity index (χ1n) is 13.0. The fourth-order valence-electron chi connectivity index (χ4n) is 4.85. The topological polar surface area (TPSA) is 148 Å². The van der Waals surface area contributed by atoms with E-state index in [2.05, 4.69) is 15.3 Å². The molecule has 0 fully saturated rings. The Morgan fingerprint density at radius 2 is 1.77 bits per heavy atom. The quantitative estimate of drug-likeness (QED) is 0.245. The number of carbonyl (C=O) groups excluding carboxylic acids is 2. The molecule has 0 unspecified atom stereocenters. The van der Waals surface area contributed by atoms with Gasteiger partial charge >= 0.3 is 6.18 Å². The number of aryl methyl sites for hydroxylation is 2. The molecule has 0 radical (unpaired) electrons. The van der Waals surface area contributed by atoms with E-state index in [-0.39, 0.29) is 46.0 Å². The van der Waals surface area contributed by atoms with E-state index in [0.29, 0.717) is 11.1 Å². The number of halogens is 4. The van der Waals surface area contributed by atoms with Crippen LogP contribution in [-0.4, -0.2) is 51.3 Å². The van der Waals surface area contributed by atoms with E-state index in [9.17, 15) is 37.4 Å². The lowest BCUT2D eigenvalue weighted by Gasteiger charge is -2.31. The third kappa shape index (κ3) is 4.99. The number of benzene rings is 2. The van der Waals surface area contributed by atoms with E-state index < -0.39 is 47.1 Å². The second kappa shape index (κ2) is 10.2. The molecule has 2 atom stereocenters. The van der Waals surface area contributed by atoms with Crippen molar-refractivity contribution in [1.29, 1.82) is 0 Å². The van der Waals surface area contributed by atoms with Crippen LogP contribution in [0.1, 0.15) is 39.8 Å². The fourth-order valence-corrected chi connectivity index (χ4v) is 4.85. The number of ether oxygens (including phenoxy) is 1. The van der Waals surface area contributed by atoms with Crippen molar-refractivity contribution in [3.05, 3.63) is 82.4 Å². The lowest BCUT2D eigenvalue weighted by atomic mass is 9.81. The summed E-state index contributed by atoms with van der Waals surface area (Å²) in [6, 6.07) is 9.58. The van der Waals surface area contributed by atoms with Crippen molar-refractivity contribution in [2.75, 3.05) is 13.2 Å². The first-order chi connectivity index (χ1) is 20.0. The molecule has 43 heavy (non-hydrogen) atoms. The zero-order chi connectivity index (χ0) is 31.5. The molecule has 1 aliphatic heterocycles. The molecule has 0 aliphatic carbocycles. The lowest BCUT2D eigenvalue weighted by Crippen LogP contribution is -2.51. The summed E-state index contributed by atoms with van der Waals surface area (Å²) in [6.07, 6.45) is -5.38. The van der Waals surface area contributed by atoms with Crippen molar-refractivity contribution in [3.8, 4) is 22.8 Å². The normalized spacial score (nSPS) is 17.7. The van der Waals surface area contributed by atoms with Gasteiger partial charge in [-0.15, -0.1) is 0 Å². The van der Waals surface area contributed by atoms with Crippen molar-refractivity contribution < 1.29 is 42.1 Å².